The molecule has 2 amide bonds. The van der Waals surface area contributed by atoms with Gasteiger partial charge < -0.3 is 19.9 Å². The molecule has 4 rings (SSSR count). The minimum absolute atomic E-state index is 0.0884. The number of hydrogen-bond acceptors (Lipinski definition) is 7. The minimum Gasteiger partial charge on any atom is -0.486 e. The fourth-order valence-electron chi connectivity index (χ4n) is 3.27. The molecule has 1 atom stereocenters. The highest BCUT2D eigenvalue weighted by molar-refractivity contribution is 6.02. The van der Waals surface area contributed by atoms with Crippen molar-refractivity contribution in [3.05, 3.63) is 72.2 Å². The second kappa shape index (κ2) is 9.83. The molecule has 0 saturated carbocycles. The van der Waals surface area contributed by atoms with Crippen LogP contribution in [0.25, 0.3) is 0 Å². The van der Waals surface area contributed by atoms with Crippen LogP contribution >= 0.6 is 0 Å². The first kappa shape index (κ1) is 23.7. The summed E-state index contributed by atoms with van der Waals surface area (Å²) in [4.78, 5) is 35.7. The second-order valence-electron chi connectivity index (χ2n) is 8.35. The standard InChI is InChI=1S/C26H24N4O5/c1-26(2,33)12-9-17-10-13-28-23-22(17)34-16-21(25(32)30(23)3)29-24(31)20-15-19(11-14-27-20)35-18-7-5-4-6-8-18/h4-8,10-11,13-15,21,33H,16H2,1-3H3,(H,29,31)/t21-/m0/s1. The van der Waals surface area contributed by atoms with E-state index in [-0.39, 0.29) is 18.1 Å². The summed E-state index contributed by atoms with van der Waals surface area (Å²) < 4.78 is 11.6. The van der Waals surface area contributed by atoms with E-state index >= 15 is 0 Å². The average molecular weight is 473 g/mol. The van der Waals surface area contributed by atoms with Crippen LogP contribution in [0.1, 0.15) is 29.9 Å². The molecular weight excluding hydrogens is 448 g/mol. The van der Waals surface area contributed by atoms with Gasteiger partial charge in [0, 0.05) is 25.5 Å². The molecule has 1 aromatic carbocycles. The van der Waals surface area contributed by atoms with E-state index < -0.39 is 23.5 Å². The molecule has 35 heavy (non-hydrogen) atoms. The van der Waals surface area contributed by atoms with E-state index in [1.807, 2.05) is 18.2 Å². The van der Waals surface area contributed by atoms with Crippen LogP contribution in [0.5, 0.6) is 17.2 Å². The Morgan fingerprint density at radius 2 is 1.91 bits per heavy atom. The zero-order valence-electron chi connectivity index (χ0n) is 19.5. The number of nitrogens with zero attached hydrogens (tertiary/aromatic N) is 3. The first-order valence-corrected chi connectivity index (χ1v) is 10.9. The summed E-state index contributed by atoms with van der Waals surface area (Å²) in [5.41, 5.74) is -0.646. The van der Waals surface area contributed by atoms with Gasteiger partial charge in [-0.1, -0.05) is 30.0 Å². The summed E-state index contributed by atoms with van der Waals surface area (Å²) >= 11 is 0. The van der Waals surface area contributed by atoms with Crippen LogP contribution in [0.3, 0.4) is 0 Å². The number of rotatable bonds is 4. The second-order valence-corrected chi connectivity index (χ2v) is 8.35. The SMILES string of the molecule is CN1C(=O)[C@@H](NC(=O)c2cc(Oc3ccccc3)ccn2)COc2c(C#CC(C)(C)O)ccnc21. The maximum Gasteiger partial charge on any atom is 0.270 e. The van der Waals surface area contributed by atoms with E-state index in [9.17, 15) is 14.7 Å². The number of likely N-dealkylation sites (N-methyl/N-ethyl adjacent to an activating group) is 1. The number of hydrogen-bond donors (Lipinski definition) is 2. The Labute approximate surface area is 202 Å². The highest BCUT2D eigenvalue weighted by Crippen LogP contribution is 2.31. The maximum atomic E-state index is 13.1. The normalized spacial score (nSPS) is 15.1. The van der Waals surface area contributed by atoms with Crippen LogP contribution in [-0.2, 0) is 4.79 Å². The summed E-state index contributed by atoms with van der Waals surface area (Å²) in [6, 6.07) is 12.9. The molecule has 9 heteroatoms. The van der Waals surface area contributed by atoms with Gasteiger partial charge in [0.1, 0.15) is 35.4 Å². The zero-order valence-corrected chi connectivity index (χ0v) is 19.5. The molecule has 0 spiro atoms. The molecule has 3 aromatic rings. The number of carbonyl (C=O) groups excluding carboxylic acids is 2. The largest absolute Gasteiger partial charge is 0.486 e. The Bertz CT molecular complexity index is 1310. The van der Waals surface area contributed by atoms with Gasteiger partial charge in [0.2, 0.25) is 0 Å². The number of ether oxygens (including phenoxy) is 2. The molecule has 0 saturated heterocycles. The van der Waals surface area contributed by atoms with Gasteiger partial charge in [-0.15, -0.1) is 0 Å². The number of carbonyl (C=O) groups is 2. The van der Waals surface area contributed by atoms with Crippen molar-refractivity contribution < 1.29 is 24.2 Å². The molecule has 178 valence electrons. The van der Waals surface area contributed by atoms with Gasteiger partial charge in [-0.05, 0) is 38.1 Å². The molecule has 1 aliphatic rings. The third-order valence-electron chi connectivity index (χ3n) is 4.98. The minimum atomic E-state index is -1.20. The Morgan fingerprint density at radius 3 is 2.66 bits per heavy atom. The van der Waals surface area contributed by atoms with Gasteiger partial charge >= 0.3 is 0 Å². The number of anilines is 1. The van der Waals surface area contributed by atoms with Crippen molar-refractivity contribution in [2.24, 2.45) is 0 Å². The van der Waals surface area contributed by atoms with Crippen LogP contribution < -0.4 is 19.7 Å². The lowest BCUT2D eigenvalue weighted by Gasteiger charge is -2.19. The lowest BCUT2D eigenvalue weighted by Crippen LogP contribution is -2.49. The summed E-state index contributed by atoms with van der Waals surface area (Å²) in [6.07, 6.45) is 2.96. The third-order valence-corrected chi connectivity index (χ3v) is 4.98. The van der Waals surface area contributed by atoms with Gasteiger partial charge in [-0.25, -0.2) is 4.98 Å². The number of benzene rings is 1. The van der Waals surface area contributed by atoms with Gasteiger partial charge in [0.25, 0.3) is 11.8 Å². The molecule has 0 radical (unpaired) electrons. The zero-order chi connectivity index (χ0) is 25.0. The Morgan fingerprint density at radius 1 is 1.17 bits per heavy atom. The summed E-state index contributed by atoms with van der Waals surface area (Å²) in [7, 11) is 1.54. The maximum absolute atomic E-state index is 13.1. The van der Waals surface area contributed by atoms with Crippen LogP contribution in [0, 0.1) is 11.8 Å². The third kappa shape index (κ3) is 5.75. The van der Waals surface area contributed by atoms with Gasteiger partial charge in [-0.2, -0.15) is 0 Å². The molecule has 2 N–H and O–H groups in total. The molecule has 3 heterocycles. The summed E-state index contributed by atoms with van der Waals surface area (Å²) in [5, 5.41) is 12.6. The van der Waals surface area contributed by atoms with Crippen molar-refractivity contribution in [3.8, 4) is 29.1 Å². The Balaban J connectivity index is 1.52. The smallest absolute Gasteiger partial charge is 0.270 e. The van der Waals surface area contributed by atoms with E-state index in [0.29, 0.717) is 22.8 Å². The number of aromatic nitrogens is 2. The van der Waals surface area contributed by atoms with Gasteiger partial charge in [-0.3, -0.25) is 19.5 Å². The summed E-state index contributed by atoms with van der Waals surface area (Å²) in [6.45, 7) is 3.00. The van der Waals surface area contributed by atoms with Crippen LogP contribution in [0.4, 0.5) is 5.82 Å². The number of para-hydroxylation sites is 1. The van der Waals surface area contributed by atoms with Crippen molar-refractivity contribution in [2.45, 2.75) is 25.5 Å². The number of fused-ring (bicyclic) bond motifs is 1. The predicted octanol–water partition coefficient (Wildman–Crippen LogP) is 2.55. The van der Waals surface area contributed by atoms with E-state index in [0.717, 1.165) is 0 Å². The van der Waals surface area contributed by atoms with Crippen molar-refractivity contribution >= 4 is 17.6 Å². The van der Waals surface area contributed by atoms with Crippen LogP contribution in [0.2, 0.25) is 0 Å². The van der Waals surface area contributed by atoms with Crippen molar-refractivity contribution in [1.82, 2.24) is 15.3 Å². The van der Waals surface area contributed by atoms with Crippen molar-refractivity contribution in [2.75, 3.05) is 18.6 Å². The molecule has 0 unspecified atom stereocenters. The quantitative estimate of drug-likeness (QED) is 0.561. The average Bonchev–Trinajstić information content (AvgIpc) is 2.95. The van der Waals surface area contributed by atoms with Crippen molar-refractivity contribution in [3.63, 3.8) is 0 Å². The lowest BCUT2D eigenvalue weighted by atomic mass is 10.1. The van der Waals surface area contributed by atoms with E-state index in [1.54, 1.807) is 45.2 Å². The molecule has 0 bridgehead atoms. The number of aliphatic hydroxyl groups is 1. The molecule has 1 aliphatic heterocycles. The first-order valence-electron chi connectivity index (χ1n) is 10.9. The first-order chi connectivity index (χ1) is 16.7. The molecule has 0 fully saturated rings. The van der Waals surface area contributed by atoms with Gasteiger partial charge in [0.15, 0.2) is 11.6 Å². The molecule has 2 aromatic heterocycles. The number of amides is 2. The Kier molecular flexibility index (Phi) is 6.66. The van der Waals surface area contributed by atoms with E-state index in [2.05, 4.69) is 27.1 Å². The molecule has 9 nitrogen and oxygen atoms in total. The molecular formula is C26H24N4O5. The highest BCUT2D eigenvalue weighted by atomic mass is 16.5. The van der Waals surface area contributed by atoms with Gasteiger partial charge in [0.05, 0.1) is 5.56 Å². The van der Waals surface area contributed by atoms with E-state index in [4.69, 9.17) is 9.47 Å². The fraction of sp³-hybridized carbons (Fsp3) is 0.231. The van der Waals surface area contributed by atoms with Crippen molar-refractivity contribution in [1.29, 1.82) is 0 Å². The highest BCUT2D eigenvalue weighted by Gasteiger charge is 2.33. The van der Waals surface area contributed by atoms with Crippen LogP contribution in [-0.4, -0.2) is 52.2 Å². The van der Waals surface area contributed by atoms with Crippen LogP contribution in [0.15, 0.2) is 60.9 Å². The Hall–Kier alpha value is -4.42. The lowest BCUT2D eigenvalue weighted by molar-refractivity contribution is -0.120. The molecule has 0 aliphatic carbocycles. The topological polar surface area (TPSA) is 114 Å². The monoisotopic (exact) mass is 472 g/mol. The fourth-order valence-corrected chi connectivity index (χ4v) is 3.27. The summed E-state index contributed by atoms with van der Waals surface area (Å²) in [5.74, 6) is 6.25. The number of nitrogens with one attached hydrogen (secondary N) is 1. The van der Waals surface area contributed by atoms with E-state index in [1.165, 1.54) is 23.4 Å². The predicted molar refractivity (Wildman–Crippen MR) is 128 cm³/mol. The number of pyridine rings is 2.